The predicted octanol–water partition coefficient (Wildman–Crippen LogP) is 0.794. The minimum atomic E-state index is -0.164. The van der Waals surface area contributed by atoms with Crippen molar-refractivity contribution in [1.82, 2.24) is 19.9 Å². The molecule has 7 nitrogen and oxygen atoms in total. The van der Waals surface area contributed by atoms with Gasteiger partial charge in [0.15, 0.2) is 0 Å². The number of hydrogen-bond donors (Lipinski definition) is 2. The van der Waals surface area contributed by atoms with Gasteiger partial charge in [-0.15, -0.1) is 0 Å². The second-order valence-corrected chi connectivity index (χ2v) is 5.71. The smallest absolute Gasteiger partial charge is 0.270 e. The molecular formula is C15H19N5O2. The highest BCUT2D eigenvalue weighted by Gasteiger charge is 2.29. The van der Waals surface area contributed by atoms with Crippen molar-refractivity contribution in [1.29, 1.82) is 0 Å². The van der Waals surface area contributed by atoms with Gasteiger partial charge in [0.2, 0.25) is 5.95 Å². The highest BCUT2D eigenvalue weighted by molar-refractivity contribution is 5.92. The topological polar surface area (TPSA) is 85.1 Å². The lowest BCUT2D eigenvalue weighted by Crippen LogP contribution is -2.29. The molecule has 1 saturated heterocycles. The molecule has 22 heavy (non-hydrogen) atoms. The summed E-state index contributed by atoms with van der Waals surface area (Å²) in [6, 6.07) is 5.11. The number of carbonyl (C=O) groups excluding carboxylic acids is 1. The van der Waals surface area contributed by atoms with Gasteiger partial charge in [-0.3, -0.25) is 14.6 Å². The van der Waals surface area contributed by atoms with Gasteiger partial charge in [0.05, 0.1) is 5.69 Å². The monoisotopic (exact) mass is 301 g/mol. The largest absolute Gasteiger partial charge is 0.357 e. The number of H-pyrrole nitrogens is 2. The van der Waals surface area contributed by atoms with Crippen LogP contribution in [-0.2, 0) is 0 Å². The molecule has 0 saturated carbocycles. The maximum atomic E-state index is 12.3. The lowest BCUT2D eigenvalue weighted by atomic mass is 10.1. The number of nitrogens with zero attached hydrogens (tertiary/aromatic N) is 3. The van der Waals surface area contributed by atoms with Crippen molar-refractivity contribution in [3.63, 3.8) is 0 Å². The van der Waals surface area contributed by atoms with Crippen LogP contribution in [-0.4, -0.2) is 52.9 Å². The molecule has 3 heterocycles. The van der Waals surface area contributed by atoms with Gasteiger partial charge >= 0.3 is 0 Å². The summed E-state index contributed by atoms with van der Waals surface area (Å²) in [5, 5.41) is 0. The molecule has 1 aliphatic rings. The minimum Gasteiger partial charge on any atom is -0.357 e. The zero-order valence-corrected chi connectivity index (χ0v) is 12.7. The molecule has 1 atom stereocenters. The van der Waals surface area contributed by atoms with Crippen LogP contribution in [0.4, 0.5) is 5.95 Å². The molecule has 3 rings (SSSR count). The van der Waals surface area contributed by atoms with E-state index in [1.165, 1.54) is 6.07 Å². The Morgan fingerprint density at radius 3 is 2.95 bits per heavy atom. The van der Waals surface area contributed by atoms with Crippen molar-refractivity contribution in [2.75, 3.05) is 32.1 Å². The normalized spacial score (nSPS) is 17.7. The van der Waals surface area contributed by atoms with Gasteiger partial charge in [-0.25, -0.2) is 4.98 Å². The van der Waals surface area contributed by atoms with Crippen LogP contribution in [0.15, 0.2) is 29.2 Å². The number of anilines is 1. The number of aromatic amines is 2. The molecule has 1 aliphatic heterocycles. The second kappa shape index (κ2) is 5.67. The Balaban J connectivity index is 1.78. The van der Waals surface area contributed by atoms with Crippen molar-refractivity contribution in [2.45, 2.75) is 12.3 Å². The zero-order chi connectivity index (χ0) is 15.7. The quantitative estimate of drug-likeness (QED) is 0.878. The van der Waals surface area contributed by atoms with Crippen LogP contribution in [0.5, 0.6) is 0 Å². The van der Waals surface area contributed by atoms with E-state index >= 15 is 0 Å². The Morgan fingerprint density at radius 2 is 2.27 bits per heavy atom. The Morgan fingerprint density at radius 1 is 1.45 bits per heavy atom. The van der Waals surface area contributed by atoms with E-state index in [0.29, 0.717) is 24.7 Å². The molecule has 0 aliphatic carbocycles. The number of hydrogen-bond acceptors (Lipinski definition) is 4. The van der Waals surface area contributed by atoms with E-state index < -0.39 is 0 Å². The Hall–Kier alpha value is -2.57. The first-order valence-corrected chi connectivity index (χ1v) is 7.26. The molecule has 2 aromatic rings. The molecule has 1 unspecified atom stereocenters. The van der Waals surface area contributed by atoms with Crippen LogP contribution in [0.25, 0.3) is 0 Å². The third-order valence-corrected chi connectivity index (χ3v) is 3.89. The molecule has 0 aromatic carbocycles. The summed E-state index contributed by atoms with van der Waals surface area (Å²) in [5.41, 5.74) is 1.17. The number of amides is 1. The summed E-state index contributed by atoms with van der Waals surface area (Å²) in [4.78, 5) is 37.8. The molecule has 2 aromatic heterocycles. The first-order valence-electron chi connectivity index (χ1n) is 7.26. The van der Waals surface area contributed by atoms with Crippen LogP contribution in [0, 0.1) is 0 Å². The van der Waals surface area contributed by atoms with Crippen molar-refractivity contribution in [2.24, 2.45) is 0 Å². The van der Waals surface area contributed by atoms with Crippen LogP contribution in [0.1, 0.15) is 28.5 Å². The van der Waals surface area contributed by atoms with Crippen molar-refractivity contribution in [3.05, 3.63) is 46.1 Å². The fourth-order valence-corrected chi connectivity index (χ4v) is 2.70. The van der Waals surface area contributed by atoms with Crippen molar-refractivity contribution < 1.29 is 4.79 Å². The SMILES string of the molecule is CN(C)c1nc(C2CCN(C(=O)c3ccc[nH]3)C2)cc(=O)[nH]1. The van der Waals surface area contributed by atoms with Gasteiger partial charge in [0.25, 0.3) is 11.5 Å². The number of nitrogens with one attached hydrogen (secondary N) is 2. The van der Waals surface area contributed by atoms with E-state index in [1.807, 2.05) is 20.2 Å². The summed E-state index contributed by atoms with van der Waals surface area (Å²) in [5.74, 6) is 0.627. The first kappa shape index (κ1) is 14.4. The number of likely N-dealkylation sites (tertiary alicyclic amines) is 1. The Kier molecular flexibility index (Phi) is 3.70. The molecule has 1 amide bonds. The maximum absolute atomic E-state index is 12.3. The molecule has 116 valence electrons. The van der Waals surface area contributed by atoms with Gasteiger partial charge in [0.1, 0.15) is 5.69 Å². The summed E-state index contributed by atoms with van der Waals surface area (Å²) in [6.07, 6.45) is 2.55. The van der Waals surface area contributed by atoms with E-state index in [0.717, 1.165) is 12.1 Å². The number of aromatic nitrogens is 3. The van der Waals surface area contributed by atoms with Crippen LogP contribution in [0.2, 0.25) is 0 Å². The highest BCUT2D eigenvalue weighted by Crippen LogP contribution is 2.26. The zero-order valence-electron chi connectivity index (χ0n) is 12.7. The maximum Gasteiger partial charge on any atom is 0.270 e. The first-order chi connectivity index (χ1) is 10.5. The molecular weight excluding hydrogens is 282 g/mol. The highest BCUT2D eigenvalue weighted by atomic mass is 16.2. The summed E-state index contributed by atoms with van der Waals surface area (Å²) < 4.78 is 0. The van der Waals surface area contributed by atoms with Crippen molar-refractivity contribution >= 4 is 11.9 Å². The van der Waals surface area contributed by atoms with Crippen LogP contribution < -0.4 is 10.5 Å². The average molecular weight is 301 g/mol. The minimum absolute atomic E-state index is 0.00910. The molecule has 0 radical (unpaired) electrons. The molecule has 0 spiro atoms. The van der Waals surface area contributed by atoms with Gasteiger partial charge in [-0.05, 0) is 18.6 Å². The number of rotatable bonds is 3. The van der Waals surface area contributed by atoms with Gasteiger partial charge in [0, 0.05) is 45.4 Å². The van der Waals surface area contributed by atoms with Crippen LogP contribution >= 0.6 is 0 Å². The van der Waals surface area contributed by atoms with Crippen molar-refractivity contribution in [3.8, 4) is 0 Å². The summed E-state index contributed by atoms with van der Waals surface area (Å²) >= 11 is 0. The fourth-order valence-electron chi connectivity index (χ4n) is 2.70. The lowest BCUT2D eigenvalue weighted by molar-refractivity contribution is 0.0785. The van der Waals surface area contributed by atoms with Gasteiger partial charge in [-0.1, -0.05) is 0 Å². The molecule has 2 N–H and O–H groups in total. The Labute approximate surface area is 128 Å². The average Bonchev–Trinajstić information content (AvgIpc) is 3.17. The summed E-state index contributed by atoms with van der Waals surface area (Å²) in [7, 11) is 3.66. The third kappa shape index (κ3) is 2.74. The van der Waals surface area contributed by atoms with E-state index in [4.69, 9.17) is 0 Å². The van der Waals surface area contributed by atoms with Crippen LogP contribution in [0.3, 0.4) is 0 Å². The lowest BCUT2D eigenvalue weighted by Gasteiger charge is -2.16. The van der Waals surface area contributed by atoms with Gasteiger partial charge in [-0.2, -0.15) is 0 Å². The second-order valence-electron chi connectivity index (χ2n) is 5.71. The van der Waals surface area contributed by atoms with E-state index in [9.17, 15) is 9.59 Å². The molecule has 1 fully saturated rings. The van der Waals surface area contributed by atoms with E-state index in [1.54, 1.807) is 22.1 Å². The molecule has 7 heteroatoms. The standard InChI is InChI=1S/C15H19N5O2/c1-19(2)15-17-12(8-13(21)18-15)10-5-7-20(9-10)14(22)11-4-3-6-16-11/h3-4,6,8,10,16H,5,7,9H2,1-2H3,(H,17,18,21). The predicted molar refractivity (Wildman–Crippen MR) is 83.2 cm³/mol. The fraction of sp³-hybridized carbons (Fsp3) is 0.400. The Bertz CT molecular complexity index is 720. The van der Waals surface area contributed by atoms with E-state index in [-0.39, 0.29) is 17.4 Å². The summed E-state index contributed by atoms with van der Waals surface area (Å²) in [6.45, 7) is 1.26. The van der Waals surface area contributed by atoms with Gasteiger partial charge < -0.3 is 14.8 Å². The molecule has 0 bridgehead atoms. The third-order valence-electron chi connectivity index (χ3n) is 3.89. The number of carbonyl (C=O) groups is 1. The van der Waals surface area contributed by atoms with E-state index in [2.05, 4.69) is 15.0 Å².